The van der Waals surface area contributed by atoms with Crippen LogP contribution in [0.5, 0.6) is 0 Å². The molecule has 0 radical (unpaired) electrons. The highest BCUT2D eigenvalue weighted by Gasteiger charge is 2.27. The molecule has 2 fully saturated rings. The van der Waals surface area contributed by atoms with Gasteiger partial charge in [0.25, 0.3) is 0 Å². The second-order valence-electron chi connectivity index (χ2n) is 5.89. The highest BCUT2D eigenvalue weighted by Crippen LogP contribution is 2.24. The van der Waals surface area contributed by atoms with Gasteiger partial charge in [-0.1, -0.05) is 19.8 Å². The van der Waals surface area contributed by atoms with Crippen molar-refractivity contribution in [2.75, 3.05) is 32.7 Å². The first-order valence-corrected chi connectivity index (χ1v) is 7.57. The highest BCUT2D eigenvalue weighted by molar-refractivity contribution is 5.76. The number of carbonyl (C=O) groups excluding carboxylic acids is 1. The maximum atomic E-state index is 12.0. The molecule has 0 aromatic rings. The fraction of sp³-hybridized carbons (Fsp3) is 0.857. The predicted molar refractivity (Wildman–Crippen MR) is 75.6 cm³/mol. The van der Waals surface area contributed by atoms with Crippen LogP contribution in [0.3, 0.4) is 0 Å². The summed E-state index contributed by atoms with van der Waals surface area (Å²) in [5.74, 6) is -1.42. The Morgan fingerprint density at radius 2 is 1.80 bits per heavy atom. The van der Waals surface area contributed by atoms with Gasteiger partial charge in [0.2, 0.25) is 0 Å². The van der Waals surface area contributed by atoms with Crippen LogP contribution in [0.25, 0.3) is 0 Å². The van der Waals surface area contributed by atoms with E-state index in [1.807, 2.05) is 0 Å². The third-order valence-electron chi connectivity index (χ3n) is 4.42. The number of carbonyl (C=O) groups is 2. The van der Waals surface area contributed by atoms with E-state index in [0.717, 1.165) is 26.2 Å². The van der Waals surface area contributed by atoms with Crippen LogP contribution in [0.4, 0.5) is 4.79 Å². The summed E-state index contributed by atoms with van der Waals surface area (Å²) in [4.78, 5) is 27.0. The molecule has 1 aliphatic carbocycles. The number of nitrogens with one attached hydrogen (secondary N) is 1. The normalized spacial score (nSPS) is 22.8. The first-order valence-electron chi connectivity index (χ1n) is 7.57. The van der Waals surface area contributed by atoms with Crippen LogP contribution < -0.4 is 5.32 Å². The lowest BCUT2D eigenvalue weighted by atomic mass is 10.2. The van der Waals surface area contributed by atoms with Crippen molar-refractivity contribution in [1.29, 1.82) is 0 Å². The third-order valence-corrected chi connectivity index (χ3v) is 4.42. The number of rotatable bonds is 4. The van der Waals surface area contributed by atoms with E-state index in [4.69, 9.17) is 5.11 Å². The number of urea groups is 1. The molecule has 1 saturated heterocycles. The van der Waals surface area contributed by atoms with E-state index in [-0.39, 0.29) is 12.6 Å². The molecule has 0 aromatic carbocycles. The molecule has 2 aliphatic rings. The van der Waals surface area contributed by atoms with Crippen molar-refractivity contribution in [1.82, 2.24) is 15.1 Å². The monoisotopic (exact) mass is 283 g/mol. The molecule has 1 heterocycles. The van der Waals surface area contributed by atoms with Crippen molar-refractivity contribution < 1.29 is 14.7 Å². The van der Waals surface area contributed by atoms with Gasteiger partial charge in [-0.2, -0.15) is 0 Å². The molecule has 2 rings (SSSR count). The zero-order valence-corrected chi connectivity index (χ0v) is 12.2. The van der Waals surface area contributed by atoms with E-state index < -0.39 is 11.9 Å². The Labute approximate surface area is 120 Å². The maximum absolute atomic E-state index is 12.0. The van der Waals surface area contributed by atoms with Crippen LogP contribution in [0.2, 0.25) is 0 Å². The summed E-state index contributed by atoms with van der Waals surface area (Å²) in [6.45, 7) is 5.14. The number of amides is 2. The first-order chi connectivity index (χ1) is 9.58. The Bertz CT molecular complexity index is 348. The first kappa shape index (κ1) is 15.1. The van der Waals surface area contributed by atoms with Gasteiger partial charge in [-0.25, -0.2) is 4.79 Å². The minimum atomic E-state index is -0.878. The fourth-order valence-electron chi connectivity index (χ4n) is 3.00. The van der Waals surface area contributed by atoms with Gasteiger partial charge >= 0.3 is 12.0 Å². The number of piperazine rings is 1. The number of nitrogens with zero attached hydrogens (tertiary/aromatic N) is 2. The molecule has 0 bridgehead atoms. The van der Waals surface area contributed by atoms with Crippen LogP contribution in [0.1, 0.15) is 32.6 Å². The number of carboxylic acids is 1. The predicted octanol–water partition coefficient (Wildman–Crippen LogP) is 0.977. The van der Waals surface area contributed by atoms with Gasteiger partial charge in [0.1, 0.15) is 0 Å². The molecule has 2 amide bonds. The van der Waals surface area contributed by atoms with E-state index >= 15 is 0 Å². The summed E-state index contributed by atoms with van der Waals surface area (Å²) < 4.78 is 0. The Morgan fingerprint density at radius 1 is 1.20 bits per heavy atom. The van der Waals surface area contributed by atoms with Crippen molar-refractivity contribution in [2.24, 2.45) is 5.92 Å². The van der Waals surface area contributed by atoms with Gasteiger partial charge in [0.15, 0.2) is 0 Å². The molecule has 2 N–H and O–H groups in total. The van der Waals surface area contributed by atoms with E-state index in [1.54, 1.807) is 11.8 Å². The largest absolute Gasteiger partial charge is 0.481 e. The molecule has 114 valence electrons. The van der Waals surface area contributed by atoms with Crippen molar-refractivity contribution in [3.8, 4) is 0 Å². The lowest BCUT2D eigenvalue weighted by Gasteiger charge is -2.38. The average Bonchev–Trinajstić information content (AvgIpc) is 2.98. The van der Waals surface area contributed by atoms with Crippen molar-refractivity contribution in [2.45, 2.75) is 38.6 Å². The van der Waals surface area contributed by atoms with Gasteiger partial charge in [-0.3, -0.25) is 9.69 Å². The molecule has 0 aromatic heterocycles. The van der Waals surface area contributed by atoms with Crippen LogP contribution in [-0.2, 0) is 4.79 Å². The lowest BCUT2D eigenvalue weighted by Crippen LogP contribution is -2.54. The SMILES string of the molecule is CC(CNC(=O)N1CCN(C2CCCC2)CC1)C(=O)O. The van der Waals surface area contributed by atoms with E-state index in [0.29, 0.717) is 6.04 Å². The molecule has 1 atom stereocenters. The fourth-order valence-corrected chi connectivity index (χ4v) is 3.00. The Morgan fingerprint density at radius 3 is 2.35 bits per heavy atom. The van der Waals surface area contributed by atoms with E-state index in [1.165, 1.54) is 25.7 Å². The molecule has 1 unspecified atom stereocenters. The third kappa shape index (κ3) is 3.85. The topological polar surface area (TPSA) is 72.9 Å². The second-order valence-corrected chi connectivity index (χ2v) is 5.89. The molecular formula is C14H25N3O3. The molecule has 0 spiro atoms. The van der Waals surface area contributed by atoms with E-state index in [2.05, 4.69) is 10.2 Å². The van der Waals surface area contributed by atoms with Gasteiger partial charge < -0.3 is 15.3 Å². The number of hydrogen-bond acceptors (Lipinski definition) is 3. The number of aliphatic carboxylic acids is 1. The molecular weight excluding hydrogens is 258 g/mol. The van der Waals surface area contributed by atoms with Crippen LogP contribution in [0, 0.1) is 5.92 Å². The summed E-state index contributed by atoms with van der Waals surface area (Å²) in [6, 6.07) is 0.580. The average molecular weight is 283 g/mol. The Hall–Kier alpha value is -1.30. The summed E-state index contributed by atoms with van der Waals surface area (Å²) >= 11 is 0. The van der Waals surface area contributed by atoms with Crippen molar-refractivity contribution >= 4 is 12.0 Å². The second kappa shape index (κ2) is 6.92. The Kier molecular flexibility index (Phi) is 5.23. The zero-order valence-electron chi connectivity index (χ0n) is 12.2. The van der Waals surface area contributed by atoms with Crippen molar-refractivity contribution in [3.63, 3.8) is 0 Å². The molecule has 20 heavy (non-hydrogen) atoms. The number of hydrogen-bond donors (Lipinski definition) is 2. The van der Waals surface area contributed by atoms with Crippen LogP contribution in [0.15, 0.2) is 0 Å². The molecule has 6 heteroatoms. The van der Waals surface area contributed by atoms with Crippen LogP contribution in [-0.4, -0.2) is 65.7 Å². The van der Waals surface area contributed by atoms with E-state index in [9.17, 15) is 9.59 Å². The summed E-state index contributed by atoms with van der Waals surface area (Å²) in [5.41, 5.74) is 0. The zero-order chi connectivity index (χ0) is 14.5. The summed E-state index contributed by atoms with van der Waals surface area (Å²) in [5, 5.41) is 11.5. The minimum absolute atomic E-state index is 0.135. The smallest absolute Gasteiger partial charge is 0.317 e. The summed E-state index contributed by atoms with van der Waals surface area (Å²) in [7, 11) is 0. The lowest BCUT2D eigenvalue weighted by molar-refractivity contribution is -0.140. The van der Waals surface area contributed by atoms with Gasteiger partial charge in [0.05, 0.1) is 5.92 Å². The van der Waals surface area contributed by atoms with Gasteiger partial charge in [-0.15, -0.1) is 0 Å². The number of carboxylic acid groups (broad SMARTS) is 1. The molecule has 1 aliphatic heterocycles. The minimum Gasteiger partial charge on any atom is -0.481 e. The van der Waals surface area contributed by atoms with Gasteiger partial charge in [-0.05, 0) is 12.8 Å². The summed E-state index contributed by atoms with van der Waals surface area (Å²) in [6.07, 6.45) is 5.25. The van der Waals surface area contributed by atoms with Crippen molar-refractivity contribution in [3.05, 3.63) is 0 Å². The quantitative estimate of drug-likeness (QED) is 0.806. The van der Waals surface area contributed by atoms with Crippen LogP contribution >= 0.6 is 0 Å². The molecule has 1 saturated carbocycles. The highest BCUT2D eigenvalue weighted by atomic mass is 16.4. The van der Waals surface area contributed by atoms with Gasteiger partial charge in [0, 0.05) is 38.8 Å². The Balaban J connectivity index is 1.70. The molecule has 6 nitrogen and oxygen atoms in total. The standard InChI is InChI=1S/C14H25N3O3/c1-11(13(18)19)10-15-14(20)17-8-6-16(7-9-17)12-4-2-3-5-12/h11-12H,2-10H2,1H3,(H,15,20)(H,18,19). The maximum Gasteiger partial charge on any atom is 0.317 e.